The van der Waals surface area contributed by atoms with E-state index in [0.717, 1.165) is 65.4 Å². The maximum Gasteiger partial charge on any atom is 0.433 e. The SMILES string of the molecule is CC(C)(O)c1cc2nc(C3CCCCC3O)sc2cc1NC(=O)c1cccc(C(F)(F)F)n1.CNC(=O)CCC(C=O)N1C(=O)c2cccc(NCCC3CC4(C3)CN(C)C4)c2C1=O. The van der Waals surface area contributed by atoms with Gasteiger partial charge < -0.3 is 35.9 Å². The maximum absolute atomic E-state index is 13.1. The number of aliphatic hydroxyl groups is 2. The fourth-order valence-corrected chi connectivity index (χ4v) is 10.8. The zero-order valence-corrected chi connectivity index (χ0v) is 37.1. The summed E-state index contributed by atoms with van der Waals surface area (Å²) >= 11 is 1.40. The Morgan fingerprint density at radius 3 is 2.39 bits per heavy atom. The number of likely N-dealkylation sites (tertiary alicyclic amines) is 1. The number of aldehydes is 1. The van der Waals surface area contributed by atoms with E-state index < -0.39 is 47.3 Å². The van der Waals surface area contributed by atoms with E-state index in [1.54, 1.807) is 44.2 Å². The molecule has 3 atom stereocenters. The molecule has 8 rings (SSSR count). The molecule has 4 aromatic rings. The molecule has 2 aliphatic heterocycles. The number of carbonyl (C=O) groups excluding carboxylic acids is 5. The minimum absolute atomic E-state index is 0.0610. The minimum Gasteiger partial charge on any atom is -0.392 e. The van der Waals surface area contributed by atoms with Gasteiger partial charge in [-0.05, 0) is 107 Å². The van der Waals surface area contributed by atoms with Gasteiger partial charge in [-0.15, -0.1) is 11.3 Å². The number of amides is 4. The molecule has 4 amide bonds. The summed E-state index contributed by atoms with van der Waals surface area (Å²) in [4.78, 5) is 73.3. The van der Waals surface area contributed by atoms with Gasteiger partial charge in [0.1, 0.15) is 17.7 Å². The summed E-state index contributed by atoms with van der Waals surface area (Å²) in [5.41, 5.74) is 0.170. The summed E-state index contributed by atoms with van der Waals surface area (Å²) < 4.78 is 39.7. The number of nitrogens with one attached hydrogen (secondary N) is 3. The van der Waals surface area contributed by atoms with Crippen molar-refractivity contribution in [1.29, 1.82) is 0 Å². The van der Waals surface area contributed by atoms with Crippen LogP contribution in [-0.2, 0) is 21.4 Å². The molecule has 5 N–H and O–H groups in total. The summed E-state index contributed by atoms with van der Waals surface area (Å²) in [6, 6.07) is 10.6. The Hall–Kier alpha value is -5.30. The summed E-state index contributed by atoms with van der Waals surface area (Å²) in [6.07, 6.45) is 2.73. The van der Waals surface area contributed by atoms with E-state index in [1.807, 2.05) is 0 Å². The number of carbonyl (C=O) groups is 5. The first-order valence-corrected chi connectivity index (χ1v) is 22.4. The number of anilines is 2. The lowest BCUT2D eigenvalue weighted by Crippen LogP contribution is -2.60. The van der Waals surface area contributed by atoms with Crippen molar-refractivity contribution in [2.24, 2.45) is 11.3 Å². The first-order chi connectivity index (χ1) is 30.3. The smallest absolute Gasteiger partial charge is 0.392 e. The van der Waals surface area contributed by atoms with E-state index in [-0.39, 0.29) is 36.0 Å². The number of thiazole rings is 1. The van der Waals surface area contributed by atoms with E-state index in [0.29, 0.717) is 45.5 Å². The van der Waals surface area contributed by atoms with Crippen LogP contribution in [-0.4, -0.2) is 106 Å². The zero-order chi connectivity index (χ0) is 46.1. The number of nitrogens with zero attached hydrogens (tertiary/aromatic N) is 4. The molecule has 3 fully saturated rings. The molecule has 342 valence electrons. The lowest BCUT2D eigenvalue weighted by atomic mass is 9.57. The molecular weight excluding hydrogens is 852 g/mol. The van der Waals surface area contributed by atoms with Crippen LogP contribution < -0.4 is 16.0 Å². The van der Waals surface area contributed by atoms with Crippen LogP contribution >= 0.6 is 11.3 Å². The second-order valence-electron chi connectivity index (χ2n) is 18.1. The van der Waals surface area contributed by atoms with Crippen LogP contribution in [0.1, 0.15) is 125 Å². The largest absolute Gasteiger partial charge is 0.433 e. The molecule has 2 aliphatic carbocycles. The monoisotopic (exact) mass is 905 g/mol. The first-order valence-electron chi connectivity index (χ1n) is 21.6. The van der Waals surface area contributed by atoms with Crippen LogP contribution in [0.15, 0.2) is 48.5 Å². The highest BCUT2D eigenvalue weighted by Gasteiger charge is 2.50. The van der Waals surface area contributed by atoms with Gasteiger partial charge in [-0.3, -0.25) is 24.1 Å². The molecule has 2 aromatic heterocycles. The Bertz CT molecular complexity index is 2420. The average Bonchev–Trinajstić information content (AvgIpc) is 3.76. The highest BCUT2D eigenvalue weighted by Crippen LogP contribution is 2.52. The molecule has 2 aromatic carbocycles. The summed E-state index contributed by atoms with van der Waals surface area (Å²) in [5.74, 6) is -1.37. The Kier molecular flexibility index (Phi) is 13.6. The van der Waals surface area contributed by atoms with Crippen LogP contribution in [0.3, 0.4) is 0 Å². The van der Waals surface area contributed by atoms with Gasteiger partial charge in [0, 0.05) is 56.0 Å². The fraction of sp³-hybridized carbons (Fsp3) is 0.500. The third-order valence-electron chi connectivity index (χ3n) is 12.7. The van der Waals surface area contributed by atoms with Gasteiger partial charge in [-0.2, -0.15) is 13.2 Å². The third-order valence-corrected chi connectivity index (χ3v) is 13.8. The van der Waals surface area contributed by atoms with Gasteiger partial charge in [0.15, 0.2) is 0 Å². The molecule has 2 saturated carbocycles. The Morgan fingerprint density at radius 1 is 1.02 bits per heavy atom. The van der Waals surface area contributed by atoms with Crippen LogP contribution in [0.5, 0.6) is 0 Å². The van der Waals surface area contributed by atoms with Crippen LogP contribution in [0, 0.1) is 11.3 Å². The van der Waals surface area contributed by atoms with Gasteiger partial charge in [-0.1, -0.05) is 25.0 Å². The van der Waals surface area contributed by atoms with Gasteiger partial charge in [0.25, 0.3) is 17.7 Å². The topological polar surface area (TPSA) is 194 Å². The molecule has 0 radical (unpaired) electrons. The predicted molar refractivity (Wildman–Crippen MR) is 235 cm³/mol. The zero-order valence-electron chi connectivity index (χ0n) is 36.3. The number of benzene rings is 2. The molecule has 64 heavy (non-hydrogen) atoms. The first kappa shape index (κ1) is 46.7. The Balaban J connectivity index is 0.000000192. The van der Waals surface area contributed by atoms with Crippen molar-refractivity contribution in [3.63, 3.8) is 0 Å². The van der Waals surface area contributed by atoms with E-state index in [2.05, 4.69) is 37.9 Å². The van der Waals surface area contributed by atoms with E-state index in [1.165, 1.54) is 50.4 Å². The van der Waals surface area contributed by atoms with E-state index in [4.69, 9.17) is 0 Å². The van der Waals surface area contributed by atoms with Crippen molar-refractivity contribution in [2.45, 2.75) is 101 Å². The summed E-state index contributed by atoms with van der Waals surface area (Å²) in [6.45, 7) is 6.23. The molecule has 0 bridgehead atoms. The summed E-state index contributed by atoms with van der Waals surface area (Å²) in [5, 5.41) is 30.3. The predicted octanol–water partition coefficient (Wildman–Crippen LogP) is 6.73. The average molecular weight is 906 g/mol. The van der Waals surface area contributed by atoms with Crippen molar-refractivity contribution in [3.05, 3.63) is 81.6 Å². The molecule has 1 saturated heterocycles. The van der Waals surface area contributed by atoms with E-state index in [9.17, 15) is 47.4 Å². The molecular formula is C46H54F3N7O7S. The quantitative estimate of drug-likeness (QED) is 0.0706. The van der Waals surface area contributed by atoms with Crippen molar-refractivity contribution in [3.8, 4) is 0 Å². The number of fused-ring (bicyclic) bond motifs is 2. The van der Waals surface area contributed by atoms with Crippen molar-refractivity contribution in [2.75, 3.05) is 44.4 Å². The lowest BCUT2D eigenvalue weighted by molar-refractivity contribution is -0.141. The highest BCUT2D eigenvalue weighted by atomic mass is 32.1. The van der Waals surface area contributed by atoms with Crippen LogP contribution in [0.25, 0.3) is 10.2 Å². The molecule has 3 unspecified atom stereocenters. The lowest BCUT2D eigenvalue weighted by Gasteiger charge is -2.58. The second kappa shape index (κ2) is 18.7. The molecule has 18 heteroatoms. The van der Waals surface area contributed by atoms with Gasteiger partial charge in [0.05, 0.1) is 44.1 Å². The van der Waals surface area contributed by atoms with Crippen LogP contribution in [0.2, 0.25) is 0 Å². The molecule has 1 spiro atoms. The maximum atomic E-state index is 13.1. The van der Waals surface area contributed by atoms with Crippen molar-refractivity contribution in [1.82, 2.24) is 25.1 Å². The number of imide groups is 1. The Labute approximate surface area is 373 Å². The fourth-order valence-electron chi connectivity index (χ4n) is 9.62. The second-order valence-corrected chi connectivity index (χ2v) is 19.1. The minimum atomic E-state index is -4.67. The van der Waals surface area contributed by atoms with Gasteiger partial charge in [-0.25, -0.2) is 9.97 Å². The third kappa shape index (κ3) is 9.99. The van der Waals surface area contributed by atoms with Gasteiger partial charge >= 0.3 is 6.18 Å². The van der Waals surface area contributed by atoms with Gasteiger partial charge in [0.2, 0.25) is 5.91 Å². The standard InChI is InChI=1S/C23H24F3N3O3S.C23H30N4O4/c1-22(2,32)13-10-16-18(33-21(29-16)12-6-3-4-8-17(12)30)11-15(13)28-20(31)14-7-5-9-19(27-14)23(24,25)26;1-24-19(29)7-6-16(12-28)27-21(30)17-4-3-5-18(20(17)22(27)31)25-9-8-15-10-23(11-15)13-26(2)14-23/h5,7,9-12,17,30,32H,3-4,6,8H2,1-2H3,(H,28,31);3-5,12,15-16,25H,6-11,13-14H2,1-2H3,(H,24,29). The molecule has 4 aliphatic rings. The normalized spacial score (nSPS) is 20.2. The van der Waals surface area contributed by atoms with Crippen molar-refractivity contribution >= 4 is 62.8 Å². The number of alkyl halides is 3. The number of rotatable bonds is 13. The number of aliphatic hydroxyl groups excluding tert-OH is 1. The van der Waals surface area contributed by atoms with Crippen LogP contribution in [0.4, 0.5) is 24.5 Å². The Morgan fingerprint density at radius 2 is 1.73 bits per heavy atom. The molecule has 14 nitrogen and oxygen atoms in total. The number of hydrogen-bond donors (Lipinski definition) is 5. The number of aromatic nitrogens is 2. The number of halogens is 3. The number of hydrogen-bond acceptors (Lipinski definition) is 12. The van der Waals surface area contributed by atoms with E-state index >= 15 is 0 Å². The summed E-state index contributed by atoms with van der Waals surface area (Å²) in [7, 11) is 3.66. The number of pyridine rings is 1. The highest BCUT2D eigenvalue weighted by molar-refractivity contribution is 7.18. The molecule has 4 heterocycles. The van der Waals surface area contributed by atoms with Crippen molar-refractivity contribution < 1.29 is 47.4 Å².